The van der Waals surface area contributed by atoms with Gasteiger partial charge in [0, 0.05) is 11.7 Å². The normalized spacial score (nSPS) is 14.5. The summed E-state index contributed by atoms with van der Waals surface area (Å²) in [7, 11) is 1.58. The number of carbonyl (C=O) groups excluding carboxylic acids is 2. The highest BCUT2D eigenvalue weighted by atomic mass is 32.2. The zero-order valence-corrected chi connectivity index (χ0v) is 17.3. The van der Waals surface area contributed by atoms with Crippen LogP contribution < -0.4 is 21.1 Å². The molecule has 1 aliphatic rings. The van der Waals surface area contributed by atoms with Gasteiger partial charge in [0.15, 0.2) is 4.34 Å². The smallest absolute Gasteiger partial charge is 0.269 e. The van der Waals surface area contributed by atoms with Crippen molar-refractivity contribution in [2.75, 3.05) is 23.9 Å². The number of nitrogen functional groups attached to an aromatic ring is 1. The van der Waals surface area contributed by atoms with Crippen molar-refractivity contribution in [3.05, 3.63) is 29.1 Å². The van der Waals surface area contributed by atoms with Crippen molar-refractivity contribution >= 4 is 46.4 Å². The van der Waals surface area contributed by atoms with Crippen LogP contribution in [0.2, 0.25) is 0 Å². The fourth-order valence-electron chi connectivity index (χ4n) is 3.04. The van der Waals surface area contributed by atoms with Gasteiger partial charge in [-0.1, -0.05) is 31.0 Å². The lowest BCUT2D eigenvalue weighted by Crippen LogP contribution is -2.37. The zero-order chi connectivity index (χ0) is 19.9. The van der Waals surface area contributed by atoms with E-state index in [2.05, 4.69) is 15.6 Å². The number of ether oxygens (including phenoxy) is 1. The highest BCUT2D eigenvalue weighted by Crippen LogP contribution is 2.30. The molecular formula is C19H24N4O3S2. The molecule has 150 valence electrons. The van der Waals surface area contributed by atoms with Crippen LogP contribution in [0.1, 0.15) is 41.8 Å². The highest BCUT2D eigenvalue weighted by molar-refractivity contribution is 8.01. The van der Waals surface area contributed by atoms with Gasteiger partial charge in [-0.05, 0) is 37.1 Å². The van der Waals surface area contributed by atoms with Crippen LogP contribution in [-0.2, 0) is 4.79 Å². The standard InChI is InChI=1S/C19H24N4O3S2/c1-26-14-9-7-13(8-10-14)22-18(25)16-17(20)23-19(28-16)27-11-15(24)21-12-5-3-2-4-6-12/h7-10,12H,2-6,11,20H2,1H3,(H,21,24)(H,22,25). The number of nitrogens with zero attached hydrogens (tertiary/aromatic N) is 1. The molecule has 0 aliphatic heterocycles. The molecule has 9 heteroatoms. The first-order valence-electron chi connectivity index (χ1n) is 9.19. The summed E-state index contributed by atoms with van der Waals surface area (Å²) >= 11 is 2.49. The fourth-order valence-corrected chi connectivity index (χ4v) is 4.82. The first-order chi connectivity index (χ1) is 13.5. The number of benzene rings is 1. The number of thiazole rings is 1. The van der Waals surface area contributed by atoms with E-state index in [0.717, 1.165) is 12.8 Å². The van der Waals surface area contributed by atoms with Crippen molar-refractivity contribution in [1.29, 1.82) is 0 Å². The molecule has 1 aliphatic carbocycles. The Morgan fingerprint density at radius 2 is 1.96 bits per heavy atom. The Labute approximate surface area is 172 Å². The number of carbonyl (C=O) groups is 2. The maximum absolute atomic E-state index is 12.5. The number of thioether (sulfide) groups is 1. The average molecular weight is 421 g/mol. The first kappa shape index (κ1) is 20.5. The molecule has 28 heavy (non-hydrogen) atoms. The summed E-state index contributed by atoms with van der Waals surface area (Å²) in [5.41, 5.74) is 6.54. The fraction of sp³-hybridized carbons (Fsp3) is 0.421. The Hall–Kier alpha value is -2.26. The van der Waals surface area contributed by atoms with Gasteiger partial charge in [-0.3, -0.25) is 9.59 Å². The van der Waals surface area contributed by atoms with Crippen molar-refractivity contribution < 1.29 is 14.3 Å². The molecule has 1 fully saturated rings. The van der Waals surface area contributed by atoms with Gasteiger partial charge in [0.25, 0.3) is 5.91 Å². The van der Waals surface area contributed by atoms with E-state index in [1.807, 2.05) is 0 Å². The minimum Gasteiger partial charge on any atom is -0.497 e. The van der Waals surface area contributed by atoms with E-state index in [1.54, 1.807) is 31.4 Å². The predicted octanol–water partition coefficient (Wildman–Crippen LogP) is 3.53. The van der Waals surface area contributed by atoms with Crippen LogP contribution >= 0.6 is 23.1 Å². The Morgan fingerprint density at radius 1 is 1.25 bits per heavy atom. The van der Waals surface area contributed by atoms with Crippen LogP contribution in [0.15, 0.2) is 28.6 Å². The number of nitrogens with one attached hydrogen (secondary N) is 2. The summed E-state index contributed by atoms with van der Waals surface area (Å²) in [6.45, 7) is 0. The van der Waals surface area contributed by atoms with Crippen molar-refractivity contribution in [2.45, 2.75) is 42.5 Å². The number of hydrogen-bond acceptors (Lipinski definition) is 7. The van der Waals surface area contributed by atoms with E-state index in [9.17, 15) is 9.59 Å². The lowest BCUT2D eigenvalue weighted by atomic mass is 9.95. The lowest BCUT2D eigenvalue weighted by molar-refractivity contribution is -0.119. The van der Waals surface area contributed by atoms with Crippen LogP contribution in [0.3, 0.4) is 0 Å². The topological polar surface area (TPSA) is 106 Å². The third-order valence-electron chi connectivity index (χ3n) is 4.48. The van der Waals surface area contributed by atoms with Crippen LogP contribution in [0, 0.1) is 0 Å². The Kier molecular flexibility index (Phi) is 7.16. The maximum Gasteiger partial charge on any atom is 0.269 e. The molecule has 4 N–H and O–H groups in total. The van der Waals surface area contributed by atoms with E-state index in [-0.39, 0.29) is 29.4 Å². The molecule has 3 rings (SSSR count). The van der Waals surface area contributed by atoms with E-state index in [0.29, 0.717) is 20.7 Å². The minimum atomic E-state index is -0.321. The van der Waals surface area contributed by atoms with Gasteiger partial charge in [0.1, 0.15) is 16.4 Å². The van der Waals surface area contributed by atoms with E-state index < -0.39 is 0 Å². The largest absolute Gasteiger partial charge is 0.497 e. The Morgan fingerprint density at radius 3 is 2.64 bits per heavy atom. The number of hydrogen-bond donors (Lipinski definition) is 3. The average Bonchev–Trinajstić information content (AvgIpc) is 3.08. The minimum absolute atomic E-state index is 0.00472. The van der Waals surface area contributed by atoms with E-state index in [4.69, 9.17) is 10.5 Å². The summed E-state index contributed by atoms with van der Waals surface area (Å²) in [6.07, 6.45) is 5.70. The number of anilines is 2. The van der Waals surface area contributed by atoms with Crippen LogP contribution in [0.25, 0.3) is 0 Å². The Bertz CT molecular complexity index is 817. The number of aromatic nitrogens is 1. The van der Waals surface area contributed by atoms with Crippen LogP contribution in [0.4, 0.5) is 11.5 Å². The number of amides is 2. The number of methoxy groups -OCH3 is 1. The van der Waals surface area contributed by atoms with Gasteiger partial charge in [-0.25, -0.2) is 4.98 Å². The molecular weight excluding hydrogens is 396 g/mol. The van der Waals surface area contributed by atoms with Gasteiger partial charge < -0.3 is 21.1 Å². The molecule has 0 spiro atoms. The third-order valence-corrected chi connectivity index (χ3v) is 6.70. The van der Waals surface area contributed by atoms with Crippen LogP contribution in [-0.4, -0.2) is 35.7 Å². The molecule has 1 heterocycles. The summed E-state index contributed by atoms with van der Waals surface area (Å²) in [4.78, 5) is 29.1. The molecule has 0 unspecified atom stereocenters. The van der Waals surface area contributed by atoms with Crippen molar-refractivity contribution in [3.8, 4) is 5.75 Å². The molecule has 1 aromatic carbocycles. The molecule has 0 radical (unpaired) electrons. The highest BCUT2D eigenvalue weighted by Gasteiger charge is 2.19. The number of rotatable bonds is 7. The molecule has 2 amide bonds. The van der Waals surface area contributed by atoms with Crippen molar-refractivity contribution in [1.82, 2.24) is 10.3 Å². The number of nitrogens with two attached hydrogens (primary N) is 1. The molecule has 0 atom stereocenters. The van der Waals surface area contributed by atoms with E-state index >= 15 is 0 Å². The van der Waals surface area contributed by atoms with Gasteiger partial charge >= 0.3 is 0 Å². The molecule has 7 nitrogen and oxygen atoms in total. The molecule has 1 saturated carbocycles. The Balaban J connectivity index is 1.52. The second kappa shape index (κ2) is 9.79. The summed E-state index contributed by atoms with van der Waals surface area (Å²) < 4.78 is 5.71. The maximum atomic E-state index is 12.5. The summed E-state index contributed by atoms with van der Waals surface area (Å²) in [5.74, 6) is 0.823. The van der Waals surface area contributed by atoms with Crippen LogP contribution in [0.5, 0.6) is 5.75 Å². The third kappa shape index (κ3) is 5.62. The van der Waals surface area contributed by atoms with Gasteiger partial charge in [0.05, 0.1) is 12.9 Å². The molecule has 1 aromatic heterocycles. The van der Waals surface area contributed by atoms with Crippen molar-refractivity contribution in [2.24, 2.45) is 0 Å². The second-order valence-corrected chi connectivity index (χ2v) is 8.79. The summed E-state index contributed by atoms with van der Waals surface area (Å²) in [6, 6.07) is 7.31. The van der Waals surface area contributed by atoms with Gasteiger partial charge in [-0.15, -0.1) is 11.3 Å². The second-order valence-electron chi connectivity index (χ2n) is 6.57. The monoisotopic (exact) mass is 420 g/mol. The summed E-state index contributed by atoms with van der Waals surface area (Å²) in [5, 5.41) is 5.86. The first-order valence-corrected chi connectivity index (χ1v) is 11.0. The lowest BCUT2D eigenvalue weighted by Gasteiger charge is -2.22. The van der Waals surface area contributed by atoms with Gasteiger partial charge in [-0.2, -0.15) is 0 Å². The molecule has 0 saturated heterocycles. The quantitative estimate of drug-likeness (QED) is 0.592. The molecule has 0 bridgehead atoms. The SMILES string of the molecule is COc1ccc(NC(=O)c2sc(SCC(=O)NC3CCCCC3)nc2N)cc1. The predicted molar refractivity (Wildman–Crippen MR) is 113 cm³/mol. The van der Waals surface area contributed by atoms with Gasteiger partial charge in [0.2, 0.25) is 5.91 Å². The van der Waals surface area contributed by atoms with Crippen molar-refractivity contribution in [3.63, 3.8) is 0 Å². The molecule has 2 aromatic rings. The van der Waals surface area contributed by atoms with E-state index in [1.165, 1.54) is 42.4 Å². The zero-order valence-electron chi connectivity index (χ0n) is 15.7.